The second-order valence-electron chi connectivity index (χ2n) is 13.6. The molecule has 1 aliphatic heterocycles. The quantitative estimate of drug-likeness (QED) is 0.303. The number of aromatic nitrogens is 2. The largest absolute Gasteiger partial charge is 0.462 e. The van der Waals surface area contributed by atoms with Gasteiger partial charge >= 0.3 is 5.97 Å². The van der Waals surface area contributed by atoms with Crippen molar-refractivity contribution in [3.8, 4) is 0 Å². The highest BCUT2D eigenvalue weighted by Crippen LogP contribution is 2.66. The molecular weight excluding hydrogens is 494 g/mol. The fourth-order valence-electron chi connectivity index (χ4n) is 9.44. The Bertz CT molecular complexity index is 1300. The van der Waals surface area contributed by atoms with Gasteiger partial charge in [-0.3, -0.25) is 14.8 Å². The molecule has 6 atom stereocenters. The summed E-state index contributed by atoms with van der Waals surface area (Å²) in [7, 11) is 0. The smallest absolute Gasteiger partial charge is 0.309 e. The van der Waals surface area contributed by atoms with Crippen LogP contribution >= 0.6 is 0 Å². The van der Waals surface area contributed by atoms with E-state index in [-0.39, 0.29) is 28.8 Å². The summed E-state index contributed by atoms with van der Waals surface area (Å²) in [6, 6.07) is 8.39. The van der Waals surface area contributed by atoms with Gasteiger partial charge in [0.05, 0.1) is 17.8 Å². The molecule has 0 N–H and O–H groups in total. The molecule has 0 bridgehead atoms. The van der Waals surface area contributed by atoms with Gasteiger partial charge < -0.3 is 9.64 Å². The fourth-order valence-corrected chi connectivity index (χ4v) is 9.44. The maximum Gasteiger partial charge on any atom is 0.309 e. The molecule has 7 rings (SSSR count). The Balaban J connectivity index is 0.990. The van der Waals surface area contributed by atoms with Gasteiger partial charge in [-0.1, -0.05) is 37.6 Å². The number of fused-ring (bicyclic) bond motifs is 5. The summed E-state index contributed by atoms with van der Waals surface area (Å²) < 4.78 is 6.23. The molecule has 0 radical (unpaired) electrons. The van der Waals surface area contributed by atoms with E-state index in [0.717, 1.165) is 62.7 Å². The summed E-state index contributed by atoms with van der Waals surface area (Å²) in [6.07, 6.45) is 22.5. The summed E-state index contributed by atoms with van der Waals surface area (Å²) in [5.41, 5.74) is 6.07. The van der Waals surface area contributed by atoms with Crippen LogP contribution in [-0.4, -0.2) is 35.1 Å². The first-order valence-corrected chi connectivity index (χ1v) is 15.6. The van der Waals surface area contributed by atoms with Crippen LogP contribution in [-0.2, 0) is 9.53 Å². The molecule has 5 heteroatoms. The van der Waals surface area contributed by atoms with E-state index in [9.17, 15) is 4.79 Å². The third-order valence-electron chi connectivity index (χ3n) is 11.7. The molecule has 5 aliphatic rings. The number of carbonyl (C=O) groups excluding carboxylic acids is 1. The number of nitrogens with zero attached hydrogens (tertiary/aromatic N) is 3. The molecule has 1 unspecified atom stereocenters. The third kappa shape index (κ3) is 4.31. The Hall–Kier alpha value is -2.95. The summed E-state index contributed by atoms with van der Waals surface area (Å²) in [4.78, 5) is 24.2. The van der Waals surface area contributed by atoms with E-state index < -0.39 is 0 Å². The predicted octanol–water partition coefficient (Wildman–Crippen LogP) is 7.26. The Labute approximate surface area is 239 Å². The molecule has 3 heterocycles. The maximum atomic E-state index is 13.2. The van der Waals surface area contributed by atoms with Crippen molar-refractivity contribution in [1.29, 1.82) is 0 Å². The minimum absolute atomic E-state index is 0.0193. The predicted molar refractivity (Wildman–Crippen MR) is 158 cm³/mol. The minimum atomic E-state index is 0.0193. The lowest BCUT2D eigenvalue weighted by molar-refractivity contribution is -0.157. The second kappa shape index (κ2) is 10.2. The molecule has 0 spiro atoms. The highest BCUT2D eigenvalue weighted by molar-refractivity contribution is 5.73. The average Bonchev–Trinajstić information content (AvgIpc) is 3.35. The van der Waals surface area contributed by atoms with Crippen LogP contribution in [0.3, 0.4) is 0 Å². The van der Waals surface area contributed by atoms with Crippen molar-refractivity contribution in [2.45, 2.75) is 77.7 Å². The fraction of sp³-hybridized carbons (Fsp3) is 0.571. The van der Waals surface area contributed by atoms with Gasteiger partial charge in [0.1, 0.15) is 6.10 Å². The van der Waals surface area contributed by atoms with Crippen LogP contribution < -0.4 is 4.90 Å². The van der Waals surface area contributed by atoms with Crippen LogP contribution in [0, 0.1) is 34.5 Å². The lowest BCUT2D eigenvalue weighted by atomic mass is 9.47. The highest BCUT2D eigenvalue weighted by atomic mass is 16.5. The van der Waals surface area contributed by atoms with Crippen molar-refractivity contribution in [3.05, 3.63) is 72.3 Å². The Morgan fingerprint density at radius 1 is 0.900 bits per heavy atom. The molecule has 0 amide bonds. The van der Waals surface area contributed by atoms with E-state index in [1.165, 1.54) is 36.8 Å². The van der Waals surface area contributed by atoms with Crippen LogP contribution in [0.15, 0.2) is 66.8 Å². The van der Waals surface area contributed by atoms with Crippen LogP contribution in [0.5, 0.6) is 0 Å². The van der Waals surface area contributed by atoms with Gasteiger partial charge in [0.25, 0.3) is 0 Å². The number of allylic oxidation sites excluding steroid dienone is 3. The van der Waals surface area contributed by atoms with Crippen LogP contribution in [0.2, 0.25) is 0 Å². The van der Waals surface area contributed by atoms with E-state index in [1.54, 1.807) is 5.57 Å². The Morgan fingerprint density at radius 2 is 1.68 bits per heavy atom. The lowest BCUT2D eigenvalue weighted by Crippen LogP contribution is -2.50. The van der Waals surface area contributed by atoms with Gasteiger partial charge in [-0.15, -0.1) is 0 Å². The van der Waals surface area contributed by atoms with Crippen molar-refractivity contribution in [1.82, 2.24) is 9.97 Å². The molecule has 40 heavy (non-hydrogen) atoms. The van der Waals surface area contributed by atoms with E-state index in [0.29, 0.717) is 5.92 Å². The molecule has 4 aliphatic carbocycles. The summed E-state index contributed by atoms with van der Waals surface area (Å²) in [5, 5.41) is 0. The summed E-state index contributed by atoms with van der Waals surface area (Å²) in [5.74, 6) is 2.24. The number of piperidine rings is 1. The highest BCUT2D eigenvalue weighted by Gasteiger charge is 2.57. The van der Waals surface area contributed by atoms with Gasteiger partial charge in [0.2, 0.25) is 0 Å². The molecule has 2 aromatic heterocycles. The molecular formula is C35H43N3O2. The first kappa shape index (κ1) is 26.0. The van der Waals surface area contributed by atoms with E-state index >= 15 is 0 Å². The van der Waals surface area contributed by atoms with Crippen molar-refractivity contribution in [2.75, 3.05) is 18.0 Å². The van der Waals surface area contributed by atoms with Gasteiger partial charge in [-0.2, -0.15) is 0 Å². The van der Waals surface area contributed by atoms with Crippen LogP contribution in [0.4, 0.5) is 5.69 Å². The Morgan fingerprint density at radius 3 is 2.42 bits per heavy atom. The number of ether oxygens (including phenoxy) is 1. The molecule has 0 aromatic carbocycles. The monoisotopic (exact) mass is 537 g/mol. The van der Waals surface area contributed by atoms with Crippen molar-refractivity contribution >= 4 is 17.2 Å². The second-order valence-corrected chi connectivity index (χ2v) is 13.6. The number of pyridine rings is 2. The maximum absolute atomic E-state index is 13.2. The van der Waals surface area contributed by atoms with Crippen molar-refractivity contribution < 1.29 is 9.53 Å². The van der Waals surface area contributed by atoms with Crippen LogP contribution in [0.1, 0.15) is 77.2 Å². The van der Waals surface area contributed by atoms with Gasteiger partial charge in [0.15, 0.2) is 0 Å². The first-order chi connectivity index (χ1) is 19.5. The number of rotatable bonds is 4. The molecule has 2 aromatic rings. The standard InChI is InChI=1S/C35H43N3O2/c1-34-15-11-28(40-33(39)24-13-19-38(20-14-24)27-6-4-18-37-23-27)21-26(34)7-8-29-31-10-9-30(25-5-3-17-36-22-25)35(31,2)16-12-32(29)34/h3-7,9,17-18,22-24,28-29,31-32H,8,10-16,19-21H2,1-2H3/t28-,29?,31-,32-,34-,35+/m0/s1. The van der Waals surface area contributed by atoms with Crippen molar-refractivity contribution in [2.24, 2.45) is 34.5 Å². The van der Waals surface area contributed by atoms with E-state index in [1.807, 2.05) is 24.7 Å². The molecule has 3 fully saturated rings. The summed E-state index contributed by atoms with van der Waals surface area (Å²) in [6.45, 7) is 6.84. The number of esters is 1. The number of hydrogen-bond acceptors (Lipinski definition) is 5. The number of anilines is 1. The topological polar surface area (TPSA) is 55.3 Å². The zero-order valence-corrected chi connectivity index (χ0v) is 24.1. The SMILES string of the molecule is C[C@]12CC[C@H](OC(=O)C3CCN(c4cccnc4)CC3)CC1=CCC1[C@@H]2CC[C@]2(C)C(c3cccnc3)=CC[C@@H]12. The van der Waals surface area contributed by atoms with Crippen LogP contribution in [0.25, 0.3) is 5.57 Å². The third-order valence-corrected chi connectivity index (χ3v) is 11.7. The molecule has 2 saturated carbocycles. The minimum Gasteiger partial charge on any atom is -0.462 e. The first-order valence-electron chi connectivity index (χ1n) is 15.6. The number of hydrogen-bond donors (Lipinski definition) is 0. The molecule has 210 valence electrons. The van der Waals surface area contributed by atoms with Gasteiger partial charge in [-0.05, 0) is 109 Å². The average molecular weight is 538 g/mol. The Kier molecular flexibility index (Phi) is 6.59. The normalized spacial score (nSPS) is 35.6. The lowest BCUT2D eigenvalue weighted by Gasteiger charge is -2.58. The zero-order valence-electron chi connectivity index (χ0n) is 24.1. The number of carbonyl (C=O) groups is 1. The molecule has 1 saturated heterocycles. The zero-order chi connectivity index (χ0) is 27.3. The molecule has 5 nitrogen and oxygen atoms in total. The van der Waals surface area contributed by atoms with Gasteiger partial charge in [0, 0.05) is 38.1 Å². The van der Waals surface area contributed by atoms with E-state index in [4.69, 9.17) is 4.74 Å². The van der Waals surface area contributed by atoms with Crippen molar-refractivity contribution in [3.63, 3.8) is 0 Å². The van der Waals surface area contributed by atoms with Gasteiger partial charge in [-0.25, -0.2) is 0 Å². The van der Waals surface area contributed by atoms with E-state index in [2.05, 4.69) is 65.3 Å². The summed E-state index contributed by atoms with van der Waals surface area (Å²) >= 11 is 0.